The number of nitrogens with zero attached hydrogens (tertiary/aromatic N) is 3. The molecule has 5 heteroatoms. The second-order valence-corrected chi connectivity index (χ2v) is 6.04. The van der Waals surface area contributed by atoms with E-state index in [1.165, 1.54) is 18.0 Å². The van der Waals surface area contributed by atoms with Gasteiger partial charge in [-0.2, -0.15) is 0 Å². The van der Waals surface area contributed by atoms with Crippen molar-refractivity contribution in [2.24, 2.45) is 0 Å². The summed E-state index contributed by atoms with van der Waals surface area (Å²) in [6.07, 6.45) is 2.37. The minimum Gasteiger partial charge on any atom is -0.368 e. The third kappa shape index (κ3) is 3.68. The van der Waals surface area contributed by atoms with Crippen LogP contribution >= 0.6 is 0 Å². The van der Waals surface area contributed by atoms with Crippen molar-refractivity contribution in [2.45, 2.75) is 12.5 Å². The fourth-order valence-corrected chi connectivity index (χ4v) is 2.74. The van der Waals surface area contributed by atoms with E-state index in [4.69, 9.17) is 0 Å². The maximum Gasteiger partial charge on any atom is 0.140 e. The SMILES string of the molecule is CN(C)C(CNc1ncnc2cccc(F)c12)Cc1ccccc1. The van der Waals surface area contributed by atoms with E-state index in [0.29, 0.717) is 23.3 Å². The summed E-state index contributed by atoms with van der Waals surface area (Å²) in [5.41, 5.74) is 1.88. The Bertz CT molecular complexity index is 800. The molecule has 1 unspecified atom stereocenters. The summed E-state index contributed by atoms with van der Waals surface area (Å²) >= 11 is 0. The molecule has 0 spiro atoms. The second kappa shape index (κ2) is 7.36. The topological polar surface area (TPSA) is 41.0 Å². The number of rotatable bonds is 6. The Morgan fingerprint density at radius 2 is 1.83 bits per heavy atom. The Labute approximate surface area is 141 Å². The minimum atomic E-state index is -0.305. The summed E-state index contributed by atoms with van der Waals surface area (Å²) < 4.78 is 14.1. The van der Waals surface area contributed by atoms with Gasteiger partial charge in [0.1, 0.15) is 18.0 Å². The van der Waals surface area contributed by atoms with Crippen LogP contribution < -0.4 is 5.32 Å². The van der Waals surface area contributed by atoms with Gasteiger partial charge in [0.05, 0.1) is 10.9 Å². The van der Waals surface area contributed by atoms with Crippen LogP contribution in [0.3, 0.4) is 0 Å². The molecular weight excluding hydrogens is 303 g/mol. The molecule has 1 aromatic heterocycles. The Morgan fingerprint density at radius 1 is 1.04 bits per heavy atom. The van der Waals surface area contributed by atoms with Crippen molar-refractivity contribution >= 4 is 16.7 Å². The van der Waals surface area contributed by atoms with Gasteiger partial charge in [-0.15, -0.1) is 0 Å². The molecule has 0 saturated carbocycles. The number of hydrogen-bond acceptors (Lipinski definition) is 4. The van der Waals surface area contributed by atoms with Gasteiger partial charge >= 0.3 is 0 Å². The molecule has 0 bridgehead atoms. The molecule has 124 valence electrons. The van der Waals surface area contributed by atoms with Crippen molar-refractivity contribution in [3.8, 4) is 0 Å². The van der Waals surface area contributed by atoms with E-state index in [9.17, 15) is 4.39 Å². The fraction of sp³-hybridized carbons (Fsp3) is 0.263. The first kappa shape index (κ1) is 16.3. The van der Waals surface area contributed by atoms with Crippen molar-refractivity contribution in [3.63, 3.8) is 0 Å². The Kier molecular flexibility index (Phi) is 5.01. The van der Waals surface area contributed by atoms with Crippen molar-refractivity contribution in [1.29, 1.82) is 0 Å². The van der Waals surface area contributed by atoms with Crippen molar-refractivity contribution in [2.75, 3.05) is 26.0 Å². The number of halogens is 1. The highest BCUT2D eigenvalue weighted by Gasteiger charge is 2.14. The molecule has 0 radical (unpaired) electrons. The normalized spacial score (nSPS) is 12.5. The van der Waals surface area contributed by atoms with Crippen molar-refractivity contribution in [1.82, 2.24) is 14.9 Å². The largest absolute Gasteiger partial charge is 0.368 e. The Hall–Kier alpha value is -2.53. The van der Waals surface area contributed by atoms with E-state index >= 15 is 0 Å². The minimum absolute atomic E-state index is 0.268. The number of anilines is 1. The first-order valence-electron chi connectivity index (χ1n) is 7.98. The van der Waals surface area contributed by atoms with Gasteiger partial charge in [-0.25, -0.2) is 14.4 Å². The number of likely N-dealkylation sites (N-methyl/N-ethyl adjacent to an activating group) is 1. The van der Waals surface area contributed by atoms with Crippen LogP contribution in [0.4, 0.5) is 10.2 Å². The van der Waals surface area contributed by atoms with Gasteiger partial charge in [0.2, 0.25) is 0 Å². The Morgan fingerprint density at radius 3 is 2.58 bits per heavy atom. The summed E-state index contributed by atoms with van der Waals surface area (Å²) in [5, 5.41) is 3.74. The molecular formula is C19H21FN4. The number of benzene rings is 2. The number of fused-ring (bicyclic) bond motifs is 1. The summed E-state index contributed by atoms with van der Waals surface area (Å²) in [7, 11) is 4.10. The van der Waals surface area contributed by atoms with E-state index in [2.05, 4.69) is 32.3 Å². The summed E-state index contributed by atoms with van der Waals surface area (Å²) in [6, 6.07) is 15.5. The predicted molar refractivity (Wildman–Crippen MR) is 95.6 cm³/mol. The highest BCUT2D eigenvalue weighted by molar-refractivity contribution is 5.89. The number of hydrogen-bond donors (Lipinski definition) is 1. The molecule has 1 N–H and O–H groups in total. The zero-order valence-electron chi connectivity index (χ0n) is 13.9. The summed E-state index contributed by atoms with van der Waals surface area (Å²) in [4.78, 5) is 10.5. The monoisotopic (exact) mass is 324 g/mol. The molecule has 3 aromatic rings. The molecule has 0 aliphatic rings. The van der Waals surface area contributed by atoms with E-state index in [1.54, 1.807) is 12.1 Å². The van der Waals surface area contributed by atoms with Gasteiger partial charge in [0.15, 0.2) is 0 Å². The lowest BCUT2D eigenvalue weighted by atomic mass is 10.1. The lowest BCUT2D eigenvalue weighted by Gasteiger charge is -2.25. The average molecular weight is 324 g/mol. The molecule has 0 saturated heterocycles. The van der Waals surface area contributed by atoms with Gasteiger partial charge in [-0.05, 0) is 38.2 Å². The first-order chi connectivity index (χ1) is 11.6. The average Bonchev–Trinajstić information content (AvgIpc) is 2.59. The highest BCUT2D eigenvalue weighted by Crippen LogP contribution is 2.22. The third-order valence-corrected chi connectivity index (χ3v) is 4.16. The Balaban J connectivity index is 1.78. The summed E-state index contributed by atoms with van der Waals surface area (Å²) in [5.74, 6) is 0.234. The molecule has 4 nitrogen and oxygen atoms in total. The van der Waals surface area contributed by atoms with Gasteiger partial charge in [0.25, 0.3) is 0 Å². The van der Waals surface area contributed by atoms with Gasteiger partial charge in [0, 0.05) is 12.6 Å². The van der Waals surface area contributed by atoms with Crippen molar-refractivity contribution < 1.29 is 4.39 Å². The van der Waals surface area contributed by atoms with Crippen LogP contribution in [-0.2, 0) is 6.42 Å². The molecule has 3 rings (SSSR count). The predicted octanol–water partition coefficient (Wildman–Crippen LogP) is 3.35. The lowest BCUT2D eigenvalue weighted by molar-refractivity contribution is 0.303. The van der Waals surface area contributed by atoms with E-state index in [0.717, 1.165) is 6.42 Å². The van der Waals surface area contributed by atoms with Gasteiger partial charge in [-0.1, -0.05) is 36.4 Å². The molecule has 1 heterocycles. The van der Waals surface area contributed by atoms with Crippen molar-refractivity contribution in [3.05, 3.63) is 66.2 Å². The highest BCUT2D eigenvalue weighted by atomic mass is 19.1. The molecule has 0 aliphatic carbocycles. The lowest BCUT2D eigenvalue weighted by Crippen LogP contribution is -2.36. The third-order valence-electron chi connectivity index (χ3n) is 4.16. The molecule has 0 aliphatic heterocycles. The fourth-order valence-electron chi connectivity index (χ4n) is 2.74. The standard InChI is InChI=1S/C19H21FN4/c1-24(2)15(11-14-7-4-3-5-8-14)12-21-19-18-16(20)9-6-10-17(18)22-13-23-19/h3-10,13,15H,11-12H2,1-2H3,(H,21,22,23). The maximum atomic E-state index is 14.1. The molecule has 0 amide bonds. The molecule has 0 fully saturated rings. The zero-order valence-corrected chi connectivity index (χ0v) is 13.9. The molecule has 1 atom stereocenters. The van der Waals surface area contributed by atoms with Gasteiger partial charge < -0.3 is 10.2 Å². The van der Waals surface area contributed by atoms with E-state index < -0.39 is 0 Å². The molecule has 2 aromatic carbocycles. The second-order valence-electron chi connectivity index (χ2n) is 6.04. The van der Waals surface area contributed by atoms with Crippen LogP contribution in [-0.4, -0.2) is 41.5 Å². The first-order valence-corrected chi connectivity index (χ1v) is 7.98. The summed E-state index contributed by atoms with van der Waals surface area (Å²) in [6.45, 7) is 0.669. The van der Waals surface area contributed by atoms with Crippen LogP contribution in [0.25, 0.3) is 10.9 Å². The van der Waals surface area contributed by atoms with Crippen LogP contribution in [0.5, 0.6) is 0 Å². The maximum absolute atomic E-state index is 14.1. The number of aromatic nitrogens is 2. The smallest absolute Gasteiger partial charge is 0.140 e. The van der Waals surface area contributed by atoms with Crippen LogP contribution in [0.15, 0.2) is 54.9 Å². The molecule has 24 heavy (non-hydrogen) atoms. The number of nitrogens with one attached hydrogen (secondary N) is 1. The van der Waals surface area contributed by atoms with Crippen LogP contribution in [0, 0.1) is 5.82 Å². The van der Waals surface area contributed by atoms with Gasteiger partial charge in [-0.3, -0.25) is 0 Å². The quantitative estimate of drug-likeness (QED) is 0.755. The van der Waals surface area contributed by atoms with E-state index in [1.807, 2.05) is 32.3 Å². The van der Waals surface area contributed by atoms with E-state index in [-0.39, 0.29) is 11.9 Å². The van der Waals surface area contributed by atoms with Crippen LogP contribution in [0.2, 0.25) is 0 Å². The zero-order chi connectivity index (χ0) is 16.9. The van der Waals surface area contributed by atoms with Crippen LogP contribution in [0.1, 0.15) is 5.56 Å².